The molecule has 2 aromatic rings. The SMILES string of the molecule is Oc1ccc(CCNCc2cc(O)c(O)c(O)c2)cc1. The molecule has 0 amide bonds. The molecule has 5 nitrogen and oxygen atoms in total. The summed E-state index contributed by atoms with van der Waals surface area (Å²) in [6.07, 6.45) is 0.802. The van der Waals surface area contributed by atoms with Crippen molar-refractivity contribution >= 4 is 0 Å². The van der Waals surface area contributed by atoms with Gasteiger partial charge in [-0.15, -0.1) is 0 Å². The molecule has 0 saturated carbocycles. The lowest BCUT2D eigenvalue weighted by molar-refractivity contribution is 0.367. The summed E-state index contributed by atoms with van der Waals surface area (Å²) in [4.78, 5) is 0. The lowest BCUT2D eigenvalue weighted by atomic mass is 10.1. The highest BCUT2D eigenvalue weighted by molar-refractivity contribution is 5.51. The standard InChI is InChI=1S/C15H17NO4/c17-12-3-1-10(2-4-12)5-6-16-9-11-7-13(18)15(20)14(19)8-11/h1-4,7-8,16-20H,5-6,9H2. The minimum Gasteiger partial charge on any atom is -0.508 e. The van der Waals surface area contributed by atoms with E-state index in [1.54, 1.807) is 12.1 Å². The molecule has 5 N–H and O–H groups in total. The van der Waals surface area contributed by atoms with E-state index in [9.17, 15) is 15.3 Å². The summed E-state index contributed by atoms with van der Waals surface area (Å²) in [7, 11) is 0. The minimum absolute atomic E-state index is 0.247. The number of phenolic OH excluding ortho intramolecular Hbond substituents is 4. The van der Waals surface area contributed by atoms with Crippen molar-refractivity contribution in [2.75, 3.05) is 6.54 Å². The highest BCUT2D eigenvalue weighted by Crippen LogP contribution is 2.35. The quantitative estimate of drug-likeness (QED) is 0.424. The van der Waals surface area contributed by atoms with Gasteiger partial charge >= 0.3 is 0 Å². The Morgan fingerprint density at radius 1 is 0.800 bits per heavy atom. The molecule has 0 aliphatic heterocycles. The average molecular weight is 275 g/mol. The van der Waals surface area contributed by atoms with Crippen LogP contribution in [0.25, 0.3) is 0 Å². The number of hydrogen-bond acceptors (Lipinski definition) is 5. The fraction of sp³-hybridized carbons (Fsp3) is 0.200. The van der Waals surface area contributed by atoms with E-state index in [1.807, 2.05) is 12.1 Å². The van der Waals surface area contributed by atoms with Crippen molar-refractivity contribution in [3.8, 4) is 23.0 Å². The van der Waals surface area contributed by atoms with E-state index in [4.69, 9.17) is 5.11 Å². The van der Waals surface area contributed by atoms with Crippen molar-refractivity contribution < 1.29 is 20.4 Å². The molecule has 0 spiro atoms. The largest absolute Gasteiger partial charge is 0.508 e. The molecule has 0 unspecified atom stereocenters. The molecule has 0 aliphatic carbocycles. The van der Waals surface area contributed by atoms with Gasteiger partial charge in [-0.2, -0.15) is 0 Å². The number of nitrogens with one attached hydrogen (secondary N) is 1. The van der Waals surface area contributed by atoms with Crippen molar-refractivity contribution in [3.63, 3.8) is 0 Å². The first-order valence-electron chi connectivity index (χ1n) is 6.28. The van der Waals surface area contributed by atoms with Crippen LogP contribution >= 0.6 is 0 Å². The summed E-state index contributed by atoms with van der Waals surface area (Å²) >= 11 is 0. The lowest BCUT2D eigenvalue weighted by Gasteiger charge is -2.08. The van der Waals surface area contributed by atoms with Crippen LogP contribution in [0.4, 0.5) is 0 Å². The summed E-state index contributed by atoms with van der Waals surface area (Å²) in [6, 6.07) is 9.81. The van der Waals surface area contributed by atoms with Gasteiger partial charge in [0.15, 0.2) is 17.2 Å². The second-order valence-corrected chi connectivity index (χ2v) is 4.58. The molecular formula is C15H17NO4. The van der Waals surface area contributed by atoms with E-state index >= 15 is 0 Å². The van der Waals surface area contributed by atoms with E-state index in [0.29, 0.717) is 18.7 Å². The number of benzene rings is 2. The molecule has 2 rings (SSSR count). The second-order valence-electron chi connectivity index (χ2n) is 4.58. The van der Waals surface area contributed by atoms with Gasteiger partial charge in [-0.3, -0.25) is 0 Å². The molecule has 106 valence electrons. The summed E-state index contributed by atoms with van der Waals surface area (Å²) in [6.45, 7) is 1.19. The Kier molecular flexibility index (Phi) is 4.32. The molecular weight excluding hydrogens is 258 g/mol. The van der Waals surface area contributed by atoms with Crippen LogP contribution in [0.1, 0.15) is 11.1 Å². The van der Waals surface area contributed by atoms with Gasteiger partial charge in [0.25, 0.3) is 0 Å². The number of aromatic hydroxyl groups is 4. The molecule has 0 fully saturated rings. The van der Waals surface area contributed by atoms with Crippen molar-refractivity contribution in [2.45, 2.75) is 13.0 Å². The van der Waals surface area contributed by atoms with Crippen LogP contribution in [0.15, 0.2) is 36.4 Å². The maximum absolute atomic E-state index is 9.38. The lowest BCUT2D eigenvalue weighted by Crippen LogP contribution is -2.16. The first-order chi connectivity index (χ1) is 9.56. The Balaban J connectivity index is 1.83. The van der Waals surface area contributed by atoms with Gasteiger partial charge in [0.2, 0.25) is 0 Å². The highest BCUT2D eigenvalue weighted by Gasteiger charge is 2.07. The first kappa shape index (κ1) is 14.0. The van der Waals surface area contributed by atoms with Crippen LogP contribution in [-0.4, -0.2) is 27.0 Å². The van der Waals surface area contributed by atoms with Gasteiger partial charge in [0, 0.05) is 6.54 Å². The minimum atomic E-state index is -0.502. The maximum Gasteiger partial charge on any atom is 0.200 e. The fourth-order valence-electron chi connectivity index (χ4n) is 1.89. The molecule has 5 heteroatoms. The van der Waals surface area contributed by atoms with Crippen LogP contribution in [0, 0.1) is 0 Å². The summed E-state index contributed by atoms with van der Waals surface area (Å²) < 4.78 is 0. The number of hydrogen-bond donors (Lipinski definition) is 5. The van der Waals surface area contributed by atoms with E-state index in [2.05, 4.69) is 5.32 Å². The van der Waals surface area contributed by atoms with Crippen molar-refractivity contribution in [3.05, 3.63) is 47.5 Å². The highest BCUT2D eigenvalue weighted by atomic mass is 16.3. The smallest absolute Gasteiger partial charge is 0.200 e. The van der Waals surface area contributed by atoms with Gasteiger partial charge < -0.3 is 25.7 Å². The molecule has 0 saturated heterocycles. The molecule has 2 aromatic carbocycles. The normalized spacial score (nSPS) is 10.6. The Morgan fingerprint density at radius 3 is 2.00 bits per heavy atom. The Bertz CT molecular complexity index is 558. The zero-order chi connectivity index (χ0) is 14.5. The molecule has 0 bridgehead atoms. The summed E-state index contributed by atoms with van der Waals surface area (Å²) in [5.41, 5.74) is 1.79. The number of rotatable bonds is 5. The summed E-state index contributed by atoms with van der Waals surface area (Å²) in [5.74, 6) is -0.921. The molecule has 0 aromatic heterocycles. The Labute approximate surface area is 116 Å². The third-order valence-corrected chi connectivity index (χ3v) is 2.99. The van der Waals surface area contributed by atoms with Gasteiger partial charge in [-0.05, 0) is 48.4 Å². The van der Waals surface area contributed by atoms with Gasteiger partial charge in [-0.25, -0.2) is 0 Å². The average Bonchev–Trinajstić information content (AvgIpc) is 2.43. The van der Waals surface area contributed by atoms with E-state index < -0.39 is 5.75 Å². The van der Waals surface area contributed by atoms with Gasteiger partial charge in [0.05, 0.1) is 0 Å². The van der Waals surface area contributed by atoms with E-state index in [-0.39, 0.29) is 17.2 Å². The van der Waals surface area contributed by atoms with Crippen molar-refractivity contribution in [1.29, 1.82) is 0 Å². The first-order valence-corrected chi connectivity index (χ1v) is 6.28. The predicted octanol–water partition coefficient (Wildman–Crippen LogP) is 1.84. The molecule has 0 radical (unpaired) electrons. The van der Waals surface area contributed by atoms with Crippen LogP contribution in [0.3, 0.4) is 0 Å². The van der Waals surface area contributed by atoms with Crippen LogP contribution in [0.5, 0.6) is 23.0 Å². The number of phenols is 4. The van der Waals surface area contributed by atoms with Crippen LogP contribution in [0.2, 0.25) is 0 Å². The van der Waals surface area contributed by atoms with Crippen molar-refractivity contribution in [2.24, 2.45) is 0 Å². The maximum atomic E-state index is 9.38. The fourth-order valence-corrected chi connectivity index (χ4v) is 1.89. The molecule has 0 atom stereocenters. The Hall–Kier alpha value is -2.40. The Morgan fingerprint density at radius 2 is 1.40 bits per heavy atom. The van der Waals surface area contributed by atoms with Gasteiger partial charge in [0.1, 0.15) is 5.75 Å². The second kappa shape index (κ2) is 6.16. The van der Waals surface area contributed by atoms with Crippen LogP contribution in [-0.2, 0) is 13.0 Å². The van der Waals surface area contributed by atoms with Crippen LogP contribution < -0.4 is 5.32 Å². The zero-order valence-corrected chi connectivity index (χ0v) is 10.9. The van der Waals surface area contributed by atoms with Gasteiger partial charge in [-0.1, -0.05) is 12.1 Å². The summed E-state index contributed by atoms with van der Waals surface area (Å²) in [5, 5.41) is 40.3. The molecule has 20 heavy (non-hydrogen) atoms. The molecule has 0 heterocycles. The third-order valence-electron chi connectivity index (χ3n) is 2.99. The van der Waals surface area contributed by atoms with E-state index in [1.165, 1.54) is 12.1 Å². The predicted molar refractivity (Wildman–Crippen MR) is 75.0 cm³/mol. The monoisotopic (exact) mass is 275 g/mol. The van der Waals surface area contributed by atoms with Crippen molar-refractivity contribution in [1.82, 2.24) is 5.32 Å². The third kappa shape index (κ3) is 3.55. The van der Waals surface area contributed by atoms with E-state index in [0.717, 1.165) is 12.0 Å². The molecule has 0 aliphatic rings. The zero-order valence-electron chi connectivity index (χ0n) is 10.9. The topological polar surface area (TPSA) is 93.0 Å².